The van der Waals surface area contributed by atoms with Gasteiger partial charge < -0.3 is 10.5 Å². The summed E-state index contributed by atoms with van der Waals surface area (Å²) in [5.74, 6) is 0.963. The van der Waals surface area contributed by atoms with E-state index in [1.807, 2.05) is 24.3 Å². The Morgan fingerprint density at radius 3 is 2.65 bits per heavy atom. The summed E-state index contributed by atoms with van der Waals surface area (Å²) in [5, 5.41) is 2.39. The first-order chi connectivity index (χ1) is 8.34. The van der Waals surface area contributed by atoms with Gasteiger partial charge in [-0.3, -0.25) is 0 Å². The van der Waals surface area contributed by atoms with Gasteiger partial charge in [-0.25, -0.2) is 0 Å². The van der Waals surface area contributed by atoms with Crippen molar-refractivity contribution < 1.29 is 4.74 Å². The second-order valence-corrected chi connectivity index (χ2v) is 4.73. The molecule has 17 heavy (non-hydrogen) atoms. The van der Waals surface area contributed by atoms with E-state index < -0.39 is 0 Å². The van der Waals surface area contributed by atoms with Gasteiger partial charge >= 0.3 is 0 Å². The molecule has 0 bridgehead atoms. The summed E-state index contributed by atoms with van der Waals surface area (Å²) in [6.45, 7) is 0. The highest BCUT2D eigenvalue weighted by Crippen LogP contribution is 2.29. The van der Waals surface area contributed by atoms with Crippen molar-refractivity contribution >= 4 is 10.8 Å². The molecule has 2 aromatic rings. The average molecular weight is 227 g/mol. The van der Waals surface area contributed by atoms with Crippen molar-refractivity contribution in [3.05, 3.63) is 42.5 Å². The summed E-state index contributed by atoms with van der Waals surface area (Å²) in [5.41, 5.74) is 6.05. The molecule has 88 valence electrons. The molecule has 1 saturated carbocycles. The van der Waals surface area contributed by atoms with Crippen LogP contribution in [0.1, 0.15) is 19.3 Å². The molecular formula is C15H17NO. The predicted octanol–water partition coefficient (Wildman–Crippen LogP) is 3.10. The maximum absolute atomic E-state index is 6.08. The number of fused-ring (bicyclic) bond motifs is 1. The van der Waals surface area contributed by atoms with E-state index in [9.17, 15) is 0 Å². The van der Waals surface area contributed by atoms with Gasteiger partial charge in [0.05, 0.1) is 0 Å². The largest absolute Gasteiger partial charge is 0.488 e. The van der Waals surface area contributed by atoms with Crippen molar-refractivity contribution in [1.29, 1.82) is 0 Å². The second-order valence-electron chi connectivity index (χ2n) is 4.73. The van der Waals surface area contributed by atoms with E-state index in [-0.39, 0.29) is 12.1 Å². The summed E-state index contributed by atoms with van der Waals surface area (Å²) in [6.07, 6.45) is 3.51. The zero-order valence-corrected chi connectivity index (χ0v) is 9.80. The van der Waals surface area contributed by atoms with Crippen LogP contribution < -0.4 is 10.5 Å². The molecule has 2 heteroatoms. The predicted molar refractivity (Wildman–Crippen MR) is 70.2 cm³/mol. The molecule has 2 N–H and O–H groups in total. The number of nitrogens with two attached hydrogens (primary N) is 1. The fourth-order valence-corrected chi connectivity index (χ4v) is 2.56. The number of hydrogen-bond donors (Lipinski definition) is 1. The number of hydrogen-bond acceptors (Lipinski definition) is 2. The molecule has 1 aliphatic rings. The molecule has 0 aliphatic heterocycles. The molecule has 1 fully saturated rings. The molecule has 1 aliphatic carbocycles. The van der Waals surface area contributed by atoms with Gasteiger partial charge in [0.15, 0.2) is 0 Å². The Balaban J connectivity index is 1.94. The van der Waals surface area contributed by atoms with Crippen molar-refractivity contribution in [3.63, 3.8) is 0 Å². The highest BCUT2D eigenvalue weighted by Gasteiger charge is 2.25. The van der Waals surface area contributed by atoms with Gasteiger partial charge in [0.1, 0.15) is 11.9 Å². The van der Waals surface area contributed by atoms with E-state index in [0.717, 1.165) is 18.6 Å². The van der Waals surface area contributed by atoms with Crippen LogP contribution in [0.4, 0.5) is 0 Å². The summed E-state index contributed by atoms with van der Waals surface area (Å²) in [6, 6.07) is 14.7. The quantitative estimate of drug-likeness (QED) is 0.855. The molecule has 0 aromatic heterocycles. The van der Waals surface area contributed by atoms with Gasteiger partial charge in [-0.1, -0.05) is 36.4 Å². The molecule has 2 unspecified atom stereocenters. The first-order valence-corrected chi connectivity index (χ1v) is 6.24. The van der Waals surface area contributed by atoms with E-state index >= 15 is 0 Å². The molecule has 3 rings (SSSR count). The van der Waals surface area contributed by atoms with Crippen molar-refractivity contribution in [2.75, 3.05) is 0 Å². The van der Waals surface area contributed by atoms with Crippen LogP contribution in [0.2, 0.25) is 0 Å². The molecule has 2 nitrogen and oxygen atoms in total. The molecule has 0 amide bonds. The molecule has 2 atom stereocenters. The molecule has 0 spiro atoms. The lowest BCUT2D eigenvalue weighted by Gasteiger charge is -2.19. The van der Waals surface area contributed by atoms with Crippen LogP contribution in [0.15, 0.2) is 42.5 Å². The minimum atomic E-state index is 0.181. The molecule has 2 aromatic carbocycles. The van der Waals surface area contributed by atoms with E-state index in [0.29, 0.717) is 0 Å². The standard InChI is InChI=1S/C15H17NO/c16-13-8-4-10-15(13)17-14-9-3-6-11-5-1-2-7-12(11)14/h1-3,5-7,9,13,15H,4,8,10,16H2. The number of ether oxygens (including phenoxy) is 1. The smallest absolute Gasteiger partial charge is 0.127 e. The molecule has 0 heterocycles. The highest BCUT2D eigenvalue weighted by molar-refractivity contribution is 5.88. The Morgan fingerprint density at radius 2 is 1.82 bits per heavy atom. The van der Waals surface area contributed by atoms with E-state index in [1.54, 1.807) is 0 Å². The van der Waals surface area contributed by atoms with Crippen LogP contribution in [-0.2, 0) is 0 Å². The van der Waals surface area contributed by atoms with Crippen molar-refractivity contribution in [1.82, 2.24) is 0 Å². The van der Waals surface area contributed by atoms with Crippen LogP contribution in [0.5, 0.6) is 5.75 Å². The van der Waals surface area contributed by atoms with E-state index in [1.165, 1.54) is 17.2 Å². The monoisotopic (exact) mass is 227 g/mol. The lowest BCUT2D eigenvalue weighted by Crippen LogP contribution is -2.33. The van der Waals surface area contributed by atoms with Crippen molar-refractivity contribution in [2.45, 2.75) is 31.4 Å². The summed E-state index contributed by atoms with van der Waals surface area (Å²) < 4.78 is 6.08. The second kappa shape index (κ2) is 4.38. The zero-order valence-electron chi connectivity index (χ0n) is 9.80. The summed E-state index contributed by atoms with van der Waals surface area (Å²) in [4.78, 5) is 0. The Bertz CT molecular complexity index is 518. The average Bonchev–Trinajstić information content (AvgIpc) is 2.76. The van der Waals surface area contributed by atoms with Crippen LogP contribution in [0.25, 0.3) is 10.8 Å². The fraction of sp³-hybridized carbons (Fsp3) is 0.333. The van der Waals surface area contributed by atoms with E-state index in [2.05, 4.69) is 18.2 Å². The number of rotatable bonds is 2. The zero-order chi connectivity index (χ0) is 11.7. The highest BCUT2D eigenvalue weighted by atomic mass is 16.5. The number of benzene rings is 2. The lowest BCUT2D eigenvalue weighted by atomic mass is 10.1. The first-order valence-electron chi connectivity index (χ1n) is 6.24. The minimum absolute atomic E-state index is 0.181. The third-order valence-corrected chi connectivity index (χ3v) is 3.53. The van der Waals surface area contributed by atoms with Gasteiger partial charge in [-0.2, -0.15) is 0 Å². The fourth-order valence-electron chi connectivity index (χ4n) is 2.56. The summed E-state index contributed by atoms with van der Waals surface area (Å²) in [7, 11) is 0. The van der Waals surface area contributed by atoms with Crippen molar-refractivity contribution in [3.8, 4) is 5.75 Å². The maximum Gasteiger partial charge on any atom is 0.127 e. The van der Waals surface area contributed by atoms with Crippen molar-refractivity contribution in [2.24, 2.45) is 5.73 Å². The Labute approximate surface area is 101 Å². The lowest BCUT2D eigenvalue weighted by molar-refractivity contribution is 0.194. The molecular weight excluding hydrogens is 210 g/mol. The van der Waals surface area contributed by atoms with Gasteiger partial charge in [0.2, 0.25) is 0 Å². The van der Waals surface area contributed by atoms with Gasteiger partial charge in [0, 0.05) is 11.4 Å². The third-order valence-electron chi connectivity index (χ3n) is 3.53. The molecule has 0 saturated heterocycles. The Kier molecular flexibility index (Phi) is 2.73. The van der Waals surface area contributed by atoms with Crippen LogP contribution >= 0.6 is 0 Å². The SMILES string of the molecule is NC1CCCC1Oc1cccc2ccccc12. The van der Waals surface area contributed by atoms with Gasteiger partial charge in [0.25, 0.3) is 0 Å². The maximum atomic E-state index is 6.08. The topological polar surface area (TPSA) is 35.2 Å². The van der Waals surface area contributed by atoms with E-state index in [4.69, 9.17) is 10.5 Å². The van der Waals surface area contributed by atoms with Crippen LogP contribution in [0.3, 0.4) is 0 Å². The normalized spacial score (nSPS) is 24.1. The Hall–Kier alpha value is -1.54. The van der Waals surface area contributed by atoms with Gasteiger partial charge in [-0.05, 0) is 30.7 Å². The van der Waals surface area contributed by atoms with Crippen LogP contribution in [0, 0.1) is 0 Å². The summed E-state index contributed by atoms with van der Waals surface area (Å²) >= 11 is 0. The van der Waals surface area contributed by atoms with Crippen LogP contribution in [-0.4, -0.2) is 12.1 Å². The molecule has 0 radical (unpaired) electrons. The van der Waals surface area contributed by atoms with Gasteiger partial charge in [-0.15, -0.1) is 0 Å². The first kappa shape index (κ1) is 10.6. The Morgan fingerprint density at radius 1 is 1.00 bits per heavy atom. The third kappa shape index (κ3) is 2.01. The minimum Gasteiger partial charge on any atom is -0.488 e.